The number of nitrogens with zero attached hydrogens (tertiary/aromatic N) is 3. The van der Waals surface area contributed by atoms with E-state index in [-0.39, 0.29) is 16.6 Å². The van der Waals surface area contributed by atoms with Crippen LogP contribution >= 0.6 is 0 Å². The van der Waals surface area contributed by atoms with Crippen LogP contribution in [0.5, 0.6) is 0 Å². The second-order valence-corrected chi connectivity index (χ2v) is 11.8. The third-order valence-corrected chi connectivity index (χ3v) is 8.58. The fraction of sp³-hybridized carbons (Fsp3) is 0.500. The summed E-state index contributed by atoms with van der Waals surface area (Å²) in [6, 6.07) is 13.0. The molecular formula is C26H34FN3O3S. The summed E-state index contributed by atoms with van der Waals surface area (Å²) in [7, 11) is -3.64. The molecule has 2 aromatic carbocycles. The predicted molar refractivity (Wildman–Crippen MR) is 130 cm³/mol. The zero-order valence-electron chi connectivity index (χ0n) is 20.0. The van der Waals surface area contributed by atoms with Crippen LogP contribution in [-0.4, -0.2) is 67.7 Å². The number of sulfonamides is 1. The van der Waals surface area contributed by atoms with Crippen LogP contribution in [0.2, 0.25) is 0 Å². The molecule has 0 aromatic heterocycles. The molecule has 0 unspecified atom stereocenters. The second kappa shape index (κ2) is 10.5. The molecule has 0 bridgehead atoms. The Bertz CT molecular complexity index is 1100. The molecule has 0 aliphatic carbocycles. The Morgan fingerprint density at radius 2 is 1.68 bits per heavy atom. The zero-order valence-corrected chi connectivity index (χ0v) is 20.8. The number of carbonyl (C=O) groups is 1. The highest BCUT2D eigenvalue weighted by Gasteiger charge is 2.32. The van der Waals surface area contributed by atoms with Crippen molar-refractivity contribution in [3.05, 3.63) is 65.5 Å². The summed E-state index contributed by atoms with van der Waals surface area (Å²) in [6.07, 6.45) is 1.85. The van der Waals surface area contributed by atoms with Crippen LogP contribution in [0.4, 0.5) is 4.39 Å². The van der Waals surface area contributed by atoms with Crippen molar-refractivity contribution in [2.75, 3.05) is 39.3 Å². The minimum absolute atomic E-state index is 0.138. The average molecular weight is 488 g/mol. The van der Waals surface area contributed by atoms with Crippen molar-refractivity contribution in [1.29, 1.82) is 0 Å². The largest absolute Gasteiger partial charge is 0.337 e. The molecule has 2 atom stereocenters. The SMILES string of the molecule is C[C@@H]1C[C@@H](C)CN(S(=O)(=O)c2cccc(C(=O)N3CCCN(Cc4ccc(F)cc4)CC3)c2)C1. The van der Waals surface area contributed by atoms with E-state index in [1.807, 2.05) is 0 Å². The summed E-state index contributed by atoms with van der Waals surface area (Å²) in [5, 5.41) is 0. The van der Waals surface area contributed by atoms with E-state index in [2.05, 4.69) is 18.7 Å². The molecule has 2 aliphatic rings. The fourth-order valence-corrected chi connectivity index (χ4v) is 6.83. The van der Waals surface area contributed by atoms with E-state index in [0.717, 1.165) is 24.9 Å². The van der Waals surface area contributed by atoms with Gasteiger partial charge in [-0.25, -0.2) is 12.8 Å². The van der Waals surface area contributed by atoms with E-state index in [1.54, 1.807) is 39.5 Å². The van der Waals surface area contributed by atoms with E-state index in [1.165, 1.54) is 18.2 Å². The van der Waals surface area contributed by atoms with Crippen LogP contribution in [-0.2, 0) is 16.6 Å². The maximum absolute atomic E-state index is 13.3. The van der Waals surface area contributed by atoms with Crippen LogP contribution in [0, 0.1) is 17.7 Å². The third-order valence-electron chi connectivity index (χ3n) is 6.75. The van der Waals surface area contributed by atoms with Gasteiger partial charge in [-0.05, 0) is 60.6 Å². The first-order valence-electron chi connectivity index (χ1n) is 12.1. The third kappa shape index (κ3) is 5.85. The van der Waals surface area contributed by atoms with Gasteiger partial charge in [-0.1, -0.05) is 32.0 Å². The molecule has 0 N–H and O–H groups in total. The first-order valence-corrected chi connectivity index (χ1v) is 13.5. The van der Waals surface area contributed by atoms with Crippen LogP contribution in [0.25, 0.3) is 0 Å². The van der Waals surface area contributed by atoms with Gasteiger partial charge in [0.1, 0.15) is 5.82 Å². The van der Waals surface area contributed by atoms with E-state index in [9.17, 15) is 17.6 Å². The molecular weight excluding hydrogens is 453 g/mol. The van der Waals surface area contributed by atoms with Gasteiger partial charge in [0, 0.05) is 51.4 Å². The zero-order chi connectivity index (χ0) is 24.3. The summed E-state index contributed by atoms with van der Waals surface area (Å²) >= 11 is 0. The first kappa shape index (κ1) is 24.8. The van der Waals surface area contributed by atoms with Gasteiger partial charge < -0.3 is 4.90 Å². The van der Waals surface area contributed by atoms with Gasteiger partial charge in [0.25, 0.3) is 5.91 Å². The number of halogens is 1. The minimum atomic E-state index is -3.64. The highest BCUT2D eigenvalue weighted by Crippen LogP contribution is 2.27. The Morgan fingerprint density at radius 1 is 0.971 bits per heavy atom. The Balaban J connectivity index is 1.43. The van der Waals surface area contributed by atoms with Gasteiger partial charge in [0.05, 0.1) is 4.90 Å². The van der Waals surface area contributed by atoms with Crippen LogP contribution < -0.4 is 0 Å². The fourth-order valence-electron chi connectivity index (χ4n) is 5.10. The average Bonchev–Trinajstić information content (AvgIpc) is 3.05. The van der Waals surface area contributed by atoms with Gasteiger partial charge >= 0.3 is 0 Å². The van der Waals surface area contributed by atoms with Gasteiger partial charge in [-0.15, -0.1) is 0 Å². The number of benzene rings is 2. The lowest BCUT2D eigenvalue weighted by Gasteiger charge is -2.34. The summed E-state index contributed by atoms with van der Waals surface area (Å²) < 4.78 is 41.3. The predicted octanol–water partition coefficient (Wildman–Crippen LogP) is 3.84. The lowest BCUT2D eigenvalue weighted by Crippen LogP contribution is -2.42. The molecule has 0 radical (unpaired) electrons. The normalized spacial score (nSPS) is 23.0. The lowest BCUT2D eigenvalue weighted by molar-refractivity contribution is 0.0761. The second-order valence-electron chi connectivity index (χ2n) is 9.84. The number of piperidine rings is 1. The highest BCUT2D eigenvalue weighted by atomic mass is 32.2. The molecule has 8 heteroatoms. The summed E-state index contributed by atoms with van der Waals surface area (Å²) in [5.74, 6) is 0.252. The number of hydrogen-bond acceptors (Lipinski definition) is 4. The quantitative estimate of drug-likeness (QED) is 0.643. The Labute approximate surface area is 202 Å². The molecule has 184 valence electrons. The Hall–Kier alpha value is -2.29. The summed E-state index contributed by atoms with van der Waals surface area (Å²) in [6.45, 7) is 8.65. The standard InChI is InChI=1S/C26H34FN3O3S/c1-20-15-21(2)18-30(17-20)34(32,33)25-6-3-5-23(16-25)26(31)29-12-4-11-28(13-14-29)19-22-7-9-24(27)10-8-22/h3,5-10,16,20-21H,4,11-15,17-19H2,1-2H3/t20-,21-/m1/s1. The topological polar surface area (TPSA) is 60.9 Å². The van der Waals surface area contributed by atoms with Crippen LogP contribution in [0.1, 0.15) is 42.6 Å². The van der Waals surface area contributed by atoms with Gasteiger partial charge in [0.15, 0.2) is 0 Å². The number of rotatable bonds is 5. The van der Waals surface area contributed by atoms with Crippen LogP contribution in [0.15, 0.2) is 53.4 Å². The number of hydrogen-bond donors (Lipinski definition) is 0. The maximum atomic E-state index is 13.3. The molecule has 34 heavy (non-hydrogen) atoms. The monoisotopic (exact) mass is 487 g/mol. The molecule has 2 aromatic rings. The summed E-state index contributed by atoms with van der Waals surface area (Å²) in [5.41, 5.74) is 1.45. The van der Waals surface area contributed by atoms with Crippen molar-refractivity contribution in [2.24, 2.45) is 11.8 Å². The van der Waals surface area contributed by atoms with Crippen molar-refractivity contribution < 1.29 is 17.6 Å². The molecule has 2 heterocycles. The van der Waals surface area contributed by atoms with E-state index < -0.39 is 10.0 Å². The molecule has 2 aliphatic heterocycles. The molecule has 0 spiro atoms. The smallest absolute Gasteiger partial charge is 0.253 e. The van der Waals surface area contributed by atoms with Crippen molar-refractivity contribution in [3.8, 4) is 0 Å². The van der Waals surface area contributed by atoms with Crippen molar-refractivity contribution in [3.63, 3.8) is 0 Å². The van der Waals surface area contributed by atoms with Gasteiger partial charge in [-0.2, -0.15) is 4.31 Å². The van der Waals surface area contributed by atoms with Crippen molar-refractivity contribution in [1.82, 2.24) is 14.1 Å². The first-order chi connectivity index (χ1) is 16.2. The lowest BCUT2D eigenvalue weighted by atomic mass is 9.94. The molecule has 2 saturated heterocycles. The van der Waals surface area contributed by atoms with E-state index in [0.29, 0.717) is 56.7 Å². The number of amides is 1. The van der Waals surface area contributed by atoms with Crippen molar-refractivity contribution in [2.45, 2.75) is 38.1 Å². The molecule has 6 nitrogen and oxygen atoms in total. The van der Waals surface area contributed by atoms with E-state index in [4.69, 9.17) is 0 Å². The number of carbonyl (C=O) groups excluding carboxylic acids is 1. The van der Waals surface area contributed by atoms with E-state index >= 15 is 0 Å². The molecule has 0 saturated carbocycles. The molecule has 1 amide bonds. The molecule has 2 fully saturated rings. The van der Waals surface area contributed by atoms with Crippen LogP contribution in [0.3, 0.4) is 0 Å². The molecule has 4 rings (SSSR count). The highest BCUT2D eigenvalue weighted by molar-refractivity contribution is 7.89. The van der Waals surface area contributed by atoms with Gasteiger partial charge in [-0.3, -0.25) is 9.69 Å². The van der Waals surface area contributed by atoms with Gasteiger partial charge in [0.2, 0.25) is 10.0 Å². The minimum Gasteiger partial charge on any atom is -0.337 e. The Morgan fingerprint density at radius 3 is 2.38 bits per heavy atom. The Kier molecular flexibility index (Phi) is 7.70. The maximum Gasteiger partial charge on any atom is 0.253 e. The summed E-state index contributed by atoms with van der Waals surface area (Å²) in [4.78, 5) is 17.5. The van der Waals surface area contributed by atoms with Crippen molar-refractivity contribution >= 4 is 15.9 Å².